The van der Waals surface area contributed by atoms with E-state index in [1.54, 1.807) is 13.8 Å². The van der Waals surface area contributed by atoms with Crippen molar-refractivity contribution < 1.29 is 37.3 Å². The molecule has 0 aliphatic carbocycles. The molecule has 160 valence electrons. The molecule has 1 aromatic rings. The number of fused-ring (bicyclic) bond motifs is 1. The summed E-state index contributed by atoms with van der Waals surface area (Å²) in [6.07, 6.45) is -1.83. The topological polar surface area (TPSA) is 79.3 Å². The number of benzene rings is 1. The van der Waals surface area contributed by atoms with E-state index in [1.165, 1.54) is 35.1 Å². The molecule has 11 heteroatoms. The van der Waals surface area contributed by atoms with E-state index in [9.17, 15) is 27.9 Å². The van der Waals surface area contributed by atoms with Gasteiger partial charge in [0, 0.05) is 23.5 Å². The highest BCUT2D eigenvalue weighted by atomic mass is 32.2. The molecule has 1 N–H and O–H groups in total. The van der Waals surface area contributed by atoms with E-state index in [2.05, 4.69) is 4.74 Å². The summed E-state index contributed by atoms with van der Waals surface area (Å²) in [6.45, 7) is 3.31. The average molecular weight is 434 g/mol. The van der Waals surface area contributed by atoms with Crippen LogP contribution in [0.1, 0.15) is 25.5 Å². The highest BCUT2D eigenvalue weighted by Gasteiger charge is 2.48. The summed E-state index contributed by atoms with van der Waals surface area (Å²) in [5, 5.41) is 10.9. The molecule has 0 unspecified atom stereocenters. The Kier molecular flexibility index (Phi) is 5.65. The fourth-order valence-corrected chi connectivity index (χ4v) is 4.13. The van der Waals surface area contributed by atoms with E-state index in [4.69, 9.17) is 4.74 Å². The number of hydrogen-bond donors (Lipinski definition) is 1. The van der Waals surface area contributed by atoms with Gasteiger partial charge in [-0.2, -0.15) is 13.2 Å². The minimum absolute atomic E-state index is 0.0719. The number of aliphatic hydroxyl groups excluding tert-OH is 1. The highest BCUT2D eigenvalue weighted by molar-refractivity contribution is 8.00. The van der Waals surface area contributed by atoms with E-state index in [0.717, 1.165) is 0 Å². The first-order valence-corrected chi connectivity index (χ1v) is 9.64. The second-order valence-corrected chi connectivity index (χ2v) is 8.46. The summed E-state index contributed by atoms with van der Waals surface area (Å²) in [7, 11) is 1.21. The van der Waals surface area contributed by atoms with E-state index >= 15 is 0 Å². The zero-order valence-corrected chi connectivity index (χ0v) is 16.8. The smallest absolute Gasteiger partial charge is 0.446 e. The average Bonchev–Trinajstić information content (AvgIpc) is 2.62. The van der Waals surface area contributed by atoms with E-state index < -0.39 is 35.3 Å². The van der Waals surface area contributed by atoms with Crippen molar-refractivity contribution in [3.63, 3.8) is 0 Å². The van der Waals surface area contributed by atoms with Crippen LogP contribution in [0.15, 0.2) is 23.1 Å². The summed E-state index contributed by atoms with van der Waals surface area (Å²) in [6, 6.07) is 3.09. The number of carbonyl (C=O) groups excluding carboxylic acids is 2. The predicted octanol–water partition coefficient (Wildman–Crippen LogP) is 2.78. The predicted molar refractivity (Wildman–Crippen MR) is 97.5 cm³/mol. The number of piperazine rings is 1. The van der Waals surface area contributed by atoms with Crippen LogP contribution < -0.4 is 4.74 Å². The normalized spacial score (nSPS) is 24.0. The number of ether oxygens (including phenoxy) is 2. The molecule has 2 amide bonds. The number of halogens is 3. The number of thioether (sulfide) groups is 1. The summed E-state index contributed by atoms with van der Waals surface area (Å²) in [5.74, 6) is -0.136. The van der Waals surface area contributed by atoms with Crippen LogP contribution in [-0.2, 0) is 9.53 Å². The third-order valence-corrected chi connectivity index (χ3v) is 5.66. The van der Waals surface area contributed by atoms with Crippen molar-refractivity contribution >= 4 is 23.8 Å². The highest BCUT2D eigenvalue weighted by Crippen LogP contribution is 2.46. The third kappa shape index (κ3) is 4.40. The molecule has 7 nitrogen and oxygen atoms in total. The van der Waals surface area contributed by atoms with Gasteiger partial charge in [-0.15, -0.1) is 0 Å². The zero-order valence-electron chi connectivity index (χ0n) is 16.0. The molecule has 1 aromatic carbocycles. The van der Waals surface area contributed by atoms with Crippen LogP contribution in [0.2, 0.25) is 0 Å². The summed E-state index contributed by atoms with van der Waals surface area (Å²) < 4.78 is 48.8. The van der Waals surface area contributed by atoms with E-state index in [-0.39, 0.29) is 36.3 Å². The maximum absolute atomic E-state index is 12.8. The number of methoxy groups -OCH3 is 1. The van der Waals surface area contributed by atoms with Gasteiger partial charge in [0.05, 0.1) is 13.2 Å². The molecule has 1 fully saturated rings. The van der Waals surface area contributed by atoms with E-state index in [1.807, 2.05) is 0 Å². The Balaban J connectivity index is 1.96. The molecule has 29 heavy (non-hydrogen) atoms. The number of amides is 2. The first-order valence-electron chi connectivity index (χ1n) is 8.82. The molecule has 3 rings (SSSR count). The molecule has 0 aromatic heterocycles. The monoisotopic (exact) mass is 434 g/mol. The quantitative estimate of drug-likeness (QED) is 0.722. The molecule has 2 aliphatic rings. The third-order valence-electron chi connectivity index (χ3n) is 4.94. The van der Waals surface area contributed by atoms with Crippen LogP contribution in [0.3, 0.4) is 0 Å². The van der Waals surface area contributed by atoms with Gasteiger partial charge in [-0.25, -0.2) is 4.79 Å². The fourth-order valence-electron chi connectivity index (χ4n) is 3.55. The van der Waals surface area contributed by atoms with Gasteiger partial charge < -0.3 is 19.5 Å². The standard InChI is InChI=1S/C18H21F3N2O5S/c1-17(2)15(25)14(23-7-6-22(9-13(23)24)16(26)27-3)11-8-10(29-18(19,20)21)4-5-12(11)28-17/h4-5,8,14-15,25H,6-7,9H2,1-3H3/t14-,15+/m1/s1. The van der Waals surface area contributed by atoms with Crippen molar-refractivity contribution in [1.29, 1.82) is 0 Å². The molecule has 1 saturated heterocycles. The molecular formula is C18H21F3N2O5S. The minimum atomic E-state index is -4.47. The van der Waals surface area contributed by atoms with Crippen molar-refractivity contribution in [2.75, 3.05) is 26.7 Å². The molecule has 0 radical (unpaired) electrons. The lowest BCUT2D eigenvalue weighted by Gasteiger charge is -2.48. The van der Waals surface area contributed by atoms with Crippen LogP contribution >= 0.6 is 11.8 Å². The number of nitrogens with zero attached hydrogens (tertiary/aromatic N) is 2. The molecule has 2 atom stereocenters. The number of rotatable bonds is 2. The fraction of sp³-hybridized carbons (Fsp3) is 0.556. The molecule has 0 bridgehead atoms. The number of carbonyl (C=O) groups is 2. The lowest BCUT2D eigenvalue weighted by atomic mass is 9.85. The van der Waals surface area contributed by atoms with Gasteiger partial charge >= 0.3 is 11.6 Å². The Morgan fingerprint density at radius 2 is 2.03 bits per heavy atom. The molecule has 2 aliphatic heterocycles. The Morgan fingerprint density at radius 3 is 2.62 bits per heavy atom. The van der Waals surface area contributed by atoms with E-state index in [0.29, 0.717) is 11.3 Å². The van der Waals surface area contributed by atoms with Crippen LogP contribution in [-0.4, -0.2) is 70.9 Å². The van der Waals surface area contributed by atoms with Gasteiger partial charge in [-0.1, -0.05) is 0 Å². The molecular weight excluding hydrogens is 413 g/mol. The maximum Gasteiger partial charge on any atom is 0.446 e. The largest absolute Gasteiger partial charge is 0.485 e. The van der Waals surface area contributed by atoms with Crippen LogP contribution in [0.5, 0.6) is 5.75 Å². The van der Waals surface area contributed by atoms with Crippen molar-refractivity contribution in [1.82, 2.24) is 9.80 Å². The summed E-state index contributed by atoms with van der Waals surface area (Å²) in [4.78, 5) is 27.0. The first kappa shape index (κ1) is 21.6. The van der Waals surface area contributed by atoms with Gasteiger partial charge in [0.1, 0.15) is 24.0 Å². The van der Waals surface area contributed by atoms with Gasteiger partial charge in [-0.3, -0.25) is 9.69 Å². The van der Waals surface area contributed by atoms with Gasteiger partial charge in [-0.05, 0) is 43.8 Å². The van der Waals surface area contributed by atoms with Gasteiger partial charge in [0.25, 0.3) is 0 Å². The van der Waals surface area contributed by atoms with Crippen LogP contribution in [0, 0.1) is 0 Å². The second-order valence-electron chi connectivity index (χ2n) is 7.32. The first-order chi connectivity index (χ1) is 13.4. The van der Waals surface area contributed by atoms with Gasteiger partial charge in [0.15, 0.2) is 0 Å². The Labute approximate surface area is 169 Å². The number of aliphatic hydroxyl groups is 1. The Morgan fingerprint density at radius 1 is 1.34 bits per heavy atom. The van der Waals surface area contributed by atoms with Gasteiger partial charge in [0.2, 0.25) is 5.91 Å². The van der Waals surface area contributed by atoms with Crippen molar-refractivity contribution in [2.45, 2.75) is 42.0 Å². The Hall–Kier alpha value is -2.14. The van der Waals surface area contributed by atoms with Crippen molar-refractivity contribution in [2.24, 2.45) is 0 Å². The minimum Gasteiger partial charge on any atom is -0.485 e. The number of hydrogen-bond acceptors (Lipinski definition) is 6. The molecule has 0 saturated carbocycles. The molecule has 0 spiro atoms. The Bertz CT molecular complexity index is 817. The SMILES string of the molecule is COC(=O)N1CCN([C@@H]2c3cc(SC(F)(F)F)ccc3OC(C)(C)[C@H]2O)C(=O)C1. The lowest BCUT2D eigenvalue weighted by molar-refractivity contribution is -0.149. The van der Waals surface area contributed by atoms with Crippen molar-refractivity contribution in [3.8, 4) is 5.75 Å². The molecule has 2 heterocycles. The lowest BCUT2D eigenvalue weighted by Crippen LogP contribution is -2.59. The summed E-state index contributed by atoms with van der Waals surface area (Å²) in [5.41, 5.74) is -5.25. The maximum atomic E-state index is 12.8. The zero-order chi connectivity index (χ0) is 21.6. The van der Waals surface area contributed by atoms with Crippen molar-refractivity contribution in [3.05, 3.63) is 23.8 Å². The van der Waals surface area contributed by atoms with Crippen LogP contribution in [0.25, 0.3) is 0 Å². The van der Waals surface area contributed by atoms with Crippen LogP contribution in [0.4, 0.5) is 18.0 Å². The summed E-state index contributed by atoms with van der Waals surface area (Å²) >= 11 is -0.279. The second kappa shape index (κ2) is 7.60. The number of alkyl halides is 3.